The Hall–Kier alpha value is -2.52. The van der Waals surface area contributed by atoms with Crippen LogP contribution in [0, 0.1) is 6.92 Å². The summed E-state index contributed by atoms with van der Waals surface area (Å²) < 4.78 is 11.3. The molecule has 2 atom stereocenters. The van der Waals surface area contributed by atoms with Gasteiger partial charge < -0.3 is 24.6 Å². The van der Waals surface area contributed by atoms with Crippen molar-refractivity contribution < 1.29 is 19.2 Å². The van der Waals surface area contributed by atoms with Crippen molar-refractivity contribution in [3.8, 4) is 0 Å². The Balaban J connectivity index is 1.29. The molecule has 30 heavy (non-hydrogen) atoms. The molecule has 2 fully saturated rings. The summed E-state index contributed by atoms with van der Waals surface area (Å²) in [5.41, 5.74) is -0.360. The van der Waals surface area contributed by atoms with Crippen LogP contribution in [0.1, 0.15) is 44.1 Å². The van der Waals surface area contributed by atoms with Crippen LogP contribution in [-0.2, 0) is 16.0 Å². The van der Waals surface area contributed by atoms with Gasteiger partial charge in [0, 0.05) is 45.2 Å². The smallest absolute Gasteiger partial charge is 0.266 e. The van der Waals surface area contributed by atoms with Crippen LogP contribution in [-0.4, -0.2) is 63.1 Å². The molecule has 2 aliphatic heterocycles. The second-order valence-corrected chi connectivity index (χ2v) is 8.60. The summed E-state index contributed by atoms with van der Waals surface area (Å²) in [5.74, 6) is 1.06. The van der Waals surface area contributed by atoms with Gasteiger partial charge in [-0.2, -0.15) is 4.98 Å². The summed E-state index contributed by atoms with van der Waals surface area (Å²) in [6, 6.07) is 3.38. The lowest BCUT2D eigenvalue weighted by Gasteiger charge is -2.51. The summed E-state index contributed by atoms with van der Waals surface area (Å²) in [6.45, 7) is 5.33. The van der Waals surface area contributed by atoms with Crippen LogP contribution >= 0.6 is 0 Å². The van der Waals surface area contributed by atoms with Crippen molar-refractivity contribution in [2.24, 2.45) is 0 Å². The molecule has 0 aliphatic carbocycles. The second kappa shape index (κ2) is 8.31. The van der Waals surface area contributed by atoms with E-state index >= 15 is 0 Å². The first-order valence-corrected chi connectivity index (χ1v) is 10.5. The number of aromatic nitrogens is 3. The summed E-state index contributed by atoms with van der Waals surface area (Å²) in [5, 5.41) is 18.1. The van der Waals surface area contributed by atoms with Crippen LogP contribution < -0.4 is 10.2 Å². The van der Waals surface area contributed by atoms with Crippen molar-refractivity contribution in [1.82, 2.24) is 20.4 Å². The Labute approximate surface area is 175 Å². The molecule has 0 radical (unpaired) electrons. The number of rotatable bonds is 5. The number of nitrogens with one attached hydrogen (secondary N) is 1. The fourth-order valence-corrected chi connectivity index (χ4v) is 4.39. The highest BCUT2D eigenvalue weighted by molar-refractivity contribution is 5.76. The van der Waals surface area contributed by atoms with E-state index in [-0.39, 0.29) is 5.91 Å². The molecule has 0 saturated carbocycles. The standard InChI is InChI=1S/C21H29N5O4/c1-15-23-19(25-30-15)26-11-7-21(8-12-26)14-20(2,28)17(13-29-21)24-18(27)4-3-16-5-9-22-10-6-16/h5-6,9-10,17,28H,3-4,7-8,11-14H2,1-2H3,(H,24,27)/t17-,20-/m0/s1. The van der Waals surface area contributed by atoms with E-state index in [0.717, 1.165) is 31.5 Å². The molecule has 9 nitrogen and oxygen atoms in total. The Morgan fingerprint density at radius 3 is 2.70 bits per heavy atom. The molecule has 0 bridgehead atoms. The van der Waals surface area contributed by atoms with E-state index in [9.17, 15) is 9.90 Å². The predicted octanol–water partition coefficient (Wildman–Crippen LogP) is 1.40. The first-order chi connectivity index (χ1) is 14.4. The number of hydrogen-bond acceptors (Lipinski definition) is 8. The lowest BCUT2D eigenvalue weighted by Crippen LogP contribution is -2.64. The molecule has 1 spiro atoms. The monoisotopic (exact) mass is 415 g/mol. The van der Waals surface area contributed by atoms with Gasteiger partial charge in [-0.1, -0.05) is 0 Å². The van der Waals surface area contributed by atoms with Gasteiger partial charge in [0.15, 0.2) is 0 Å². The minimum absolute atomic E-state index is 0.0843. The lowest BCUT2D eigenvalue weighted by atomic mass is 9.75. The molecule has 2 saturated heterocycles. The number of piperidine rings is 1. The molecule has 2 N–H and O–H groups in total. The molecule has 0 unspecified atom stereocenters. The van der Waals surface area contributed by atoms with Crippen molar-refractivity contribution >= 4 is 11.9 Å². The van der Waals surface area contributed by atoms with E-state index in [0.29, 0.717) is 37.7 Å². The largest absolute Gasteiger partial charge is 0.388 e. The molecule has 2 aliphatic rings. The fraction of sp³-hybridized carbons (Fsp3) is 0.619. The molecule has 4 rings (SSSR count). The third-order valence-corrected chi connectivity index (χ3v) is 6.19. The predicted molar refractivity (Wildman–Crippen MR) is 109 cm³/mol. The van der Waals surface area contributed by atoms with Gasteiger partial charge in [-0.15, -0.1) is 0 Å². The molecule has 4 heterocycles. The molecule has 0 aromatic carbocycles. The van der Waals surface area contributed by atoms with Gasteiger partial charge in [0.1, 0.15) is 0 Å². The average molecular weight is 415 g/mol. The number of aliphatic hydroxyl groups is 1. The Kier molecular flexibility index (Phi) is 5.75. The third kappa shape index (κ3) is 4.62. The maximum absolute atomic E-state index is 12.4. The topological polar surface area (TPSA) is 114 Å². The van der Waals surface area contributed by atoms with Gasteiger partial charge in [0.25, 0.3) is 5.95 Å². The van der Waals surface area contributed by atoms with Gasteiger partial charge in [-0.05, 0) is 49.0 Å². The van der Waals surface area contributed by atoms with E-state index in [1.165, 1.54) is 0 Å². The zero-order valence-electron chi connectivity index (χ0n) is 17.5. The number of amides is 1. The zero-order valence-corrected chi connectivity index (χ0v) is 17.5. The van der Waals surface area contributed by atoms with Crippen LogP contribution in [0.5, 0.6) is 0 Å². The molecular weight excluding hydrogens is 386 g/mol. The first-order valence-electron chi connectivity index (χ1n) is 10.5. The van der Waals surface area contributed by atoms with Gasteiger partial charge in [0.2, 0.25) is 11.8 Å². The Morgan fingerprint density at radius 1 is 1.33 bits per heavy atom. The molecular formula is C21H29N5O4. The van der Waals surface area contributed by atoms with Gasteiger partial charge in [-0.25, -0.2) is 0 Å². The summed E-state index contributed by atoms with van der Waals surface area (Å²) in [4.78, 5) is 22.8. The second-order valence-electron chi connectivity index (χ2n) is 8.60. The van der Waals surface area contributed by atoms with Crippen molar-refractivity contribution in [2.75, 3.05) is 24.6 Å². The SMILES string of the molecule is Cc1nc(N2CCC3(CC2)C[C@](C)(O)[C@@H](NC(=O)CCc2ccncc2)CO3)no1. The minimum atomic E-state index is -1.03. The highest BCUT2D eigenvalue weighted by Gasteiger charge is 2.49. The van der Waals surface area contributed by atoms with Gasteiger partial charge >= 0.3 is 0 Å². The zero-order chi connectivity index (χ0) is 21.2. The molecule has 1 amide bonds. The number of carbonyl (C=O) groups excluding carboxylic acids is 1. The van der Waals surface area contributed by atoms with Crippen LogP contribution in [0.25, 0.3) is 0 Å². The maximum Gasteiger partial charge on any atom is 0.266 e. The quantitative estimate of drug-likeness (QED) is 0.753. The minimum Gasteiger partial charge on any atom is -0.388 e. The molecule has 2 aromatic rings. The van der Waals surface area contributed by atoms with E-state index in [1.807, 2.05) is 12.1 Å². The average Bonchev–Trinajstić information content (AvgIpc) is 3.16. The molecule has 9 heteroatoms. The van der Waals surface area contributed by atoms with E-state index < -0.39 is 17.2 Å². The number of hydrogen-bond donors (Lipinski definition) is 2. The number of pyridine rings is 1. The summed E-state index contributed by atoms with van der Waals surface area (Å²) >= 11 is 0. The van der Waals surface area contributed by atoms with Gasteiger partial charge in [0.05, 0.1) is 23.9 Å². The van der Waals surface area contributed by atoms with Crippen LogP contribution in [0.3, 0.4) is 0 Å². The molecule has 162 valence electrons. The van der Waals surface area contributed by atoms with Crippen molar-refractivity contribution in [2.45, 2.75) is 63.2 Å². The van der Waals surface area contributed by atoms with Gasteiger partial charge in [-0.3, -0.25) is 9.78 Å². The van der Waals surface area contributed by atoms with Crippen molar-refractivity contribution in [1.29, 1.82) is 0 Å². The van der Waals surface area contributed by atoms with Crippen molar-refractivity contribution in [3.05, 3.63) is 36.0 Å². The highest BCUT2D eigenvalue weighted by Crippen LogP contribution is 2.40. The summed E-state index contributed by atoms with van der Waals surface area (Å²) in [6.07, 6.45) is 6.45. The van der Waals surface area contributed by atoms with Crippen molar-refractivity contribution in [3.63, 3.8) is 0 Å². The Bertz CT molecular complexity index is 861. The van der Waals surface area contributed by atoms with E-state index in [2.05, 4.69) is 25.3 Å². The van der Waals surface area contributed by atoms with Crippen LogP contribution in [0.15, 0.2) is 29.0 Å². The Morgan fingerprint density at radius 2 is 2.07 bits per heavy atom. The normalized spacial score (nSPS) is 26.0. The van der Waals surface area contributed by atoms with Crippen LogP contribution in [0.4, 0.5) is 5.95 Å². The number of carbonyl (C=O) groups is 1. The molecule has 2 aromatic heterocycles. The number of anilines is 1. The number of nitrogens with zero attached hydrogens (tertiary/aromatic N) is 4. The first kappa shape index (κ1) is 20.7. The van der Waals surface area contributed by atoms with E-state index in [1.54, 1.807) is 26.2 Å². The number of aryl methyl sites for hydroxylation is 2. The lowest BCUT2D eigenvalue weighted by molar-refractivity contribution is -0.181. The third-order valence-electron chi connectivity index (χ3n) is 6.19. The maximum atomic E-state index is 12.4. The number of ether oxygens (including phenoxy) is 1. The fourth-order valence-electron chi connectivity index (χ4n) is 4.39. The van der Waals surface area contributed by atoms with Crippen LogP contribution in [0.2, 0.25) is 0 Å². The summed E-state index contributed by atoms with van der Waals surface area (Å²) in [7, 11) is 0. The highest BCUT2D eigenvalue weighted by atomic mass is 16.5. The van der Waals surface area contributed by atoms with E-state index in [4.69, 9.17) is 9.26 Å².